The molecule has 2 aromatic carbocycles. The standard InChI is InChI=1S/C21H23ClN2O4/c1-21(2,3)28-20(26)23-16-11-13-7-5-10-17(18(13)24(4)19(16)25)27-15-9-6-8-14(22)12-15/h5-10,12,16H,11H2,1-4H3,(H,23,26). The van der Waals surface area contributed by atoms with E-state index in [1.165, 1.54) is 4.90 Å². The number of amides is 2. The summed E-state index contributed by atoms with van der Waals surface area (Å²) >= 11 is 6.02. The monoisotopic (exact) mass is 402 g/mol. The summed E-state index contributed by atoms with van der Waals surface area (Å²) in [6.45, 7) is 5.32. The summed E-state index contributed by atoms with van der Waals surface area (Å²) in [7, 11) is 1.66. The molecule has 1 aliphatic heterocycles. The molecule has 1 heterocycles. The summed E-state index contributed by atoms with van der Waals surface area (Å²) in [4.78, 5) is 26.4. The van der Waals surface area contributed by atoms with E-state index in [4.69, 9.17) is 21.1 Å². The number of likely N-dealkylation sites (N-methyl/N-ethyl adjacent to an activating group) is 1. The van der Waals surface area contributed by atoms with E-state index in [1.54, 1.807) is 58.2 Å². The number of nitrogens with zero attached hydrogens (tertiary/aromatic N) is 1. The first-order valence-corrected chi connectivity index (χ1v) is 9.34. The lowest BCUT2D eigenvalue weighted by Gasteiger charge is -2.33. The number of carbonyl (C=O) groups excluding carboxylic acids is 2. The van der Waals surface area contributed by atoms with Crippen LogP contribution in [0, 0.1) is 0 Å². The summed E-state index contributed by atoms with van der Waals surface area (Å²) in [6.07, 6.45) is -0.265. The van der Waals surface area contributed by atoms with E-state index in [2.05, 4.69) is 5.32 Å². The molecule has 1 unspecified atom stereocenters. The predicted molar refractivity (Wildman–Crippen MR) is 108 cm³/mol. The van der Waals surface area contributed by atoms with Crippen molar-refractivity contribution in [3.8, 4) is 11.5 Å². The molecule has 148 valence electrons. The Balaban J connectivity index is 1.84. The molecule has 0 saturated carbocycles. The van der Waals surface area contributed by atoms with E-state index < -0.39 is 17.7 Å². The average molecular weight is 403 g/mol. The Kier molecular flexibility index (Phi) is 5.52. The van der Waals surface area contributed by atoms with Gasteiger partial charge in [0.05, 0.1) is 5.69 Å². The second-order valence-electron chi connectivity index (χ2n) is 7.62. The summed E-state index contributed by atoms with van der Waals surface area (Å²) in [5, 5.41) is 3.23. The molecule has 6 nitrogen and oxygen atoms in total. The van der Waals surface area contributed by atoms with E-state index in [0.29, 0.717) is 28.6 Å². The Morgan fingerprint density at radius 2 is 1.93 bits per heavy atom. The van der Waals surface area contributed by atoms with Crippen LogP contribution in [-0.4, -0.2) is 30.7 Å². The van der Waals surface area contributed by atoms with Crippen molar-refractivity contribution in [2.45, 2.75) is 38.8 Å². The topological polar surface area (TPSA) is 67.9 Å². The zero-order valence-corrected chi connectivity index (χ0v) is 17.0. The normalized spacial score (nSPS) is 16.4. The molecule has 0 aromatic heterocycles. The molecule has 0 radical (unpaired) electrons. The van der Waals surface area contributed by atoms with Gasteiger partial charge in [0.2, 0.25) is 5.91 Å². The quantitative estimate of drug-likeness (QED) is 0.818. The maximum absolute atomic E-state index is 12.8. The van der Waals surface area contributed by atoms with E-state index >= 15 is 0 Å². The highest BCUT2D eigenvalue weighted by atomic mass is 35.5. The number of para-hydroxylation sites is 1. The number of hydrogen-bond acceptors (Lipinski definition) is 4. The number of benzene rings is 2. The fourth-order valence-electron chi connectivity index (χ4n) is 3.07. The Hall–Kier alpha value is -2.73. The molecule has 0 bridgehead atoms. The van der Waals surface area contributed by atoms with Crippen LogP contribution in [0.25, 0.3) is 0 Å². The Bertz CT molecular complexity index is 908. The Labute approximate surface area is 169 Å². The van der Waals surface area contributed by atoms with Crippen molar-refractivity contribution in [2.24, 2.45) is 0 Å². The first kappa shape index (κ1) is 20.0. The lowest BCUT2D eigenvalue weighted by Crippen LogP contribution is -2.52. The average Bonchev–Trinajstić information content (AvgIpc) is 2.58. The van der Waals surface area contributed by atoms with Crippen LogP contribution in [0.4, 0.5) is 10.5 Å². The van der Waals surface area contributed by atoms with Crippen molar-refractivity contribution in [2.75, 3.05) is 11.9 Å². The smallest absolute Gasteiger partial charge is 0.408 e. The molecule has 0 aliphatic carbocycles. The fourth-order valence-corrected chi connectivity index (χ4v) is 3.25. The number of alkyl carbamates (subject to hydrolysis) is 1. The van der Waals surface area contributed by atoms with Crippen LogP contribution in [0.5, 0.6) is 11.5 Å². The third-order valence-corrected chi connectivity index (χ3v) is 4.42. The molecule has 0 saturated heterocycles. The van der Waals surface area contributed by atoms with Crippen LogP contribution in [0.3, 0.4) is 0 Å². The third-order valence-electron chi connectivity index (χ3n) is 4.19. The second-order valence-corrected chi connectivity index (χ2v) is 8.06. The summed E-state index contributed by atoms with van der Waals surface area (Å²) < 4.78 is 11.2. The number of hydrogen-bond donors (Lipinski definition) is 1. The highest BCUT2D eigenvalue weighted by molar-refractivity contribution is 6.30. The van der Waals surface area contributed by atoms with Crippen LogP contribution >= 0.6 is 11.6 Å². The molecule has 2 aromatic rings. The van der Waals surface area contributed by atoms with Crippen molar-refractivity contribution >= 4 is 29.3 Å². The minimum Gasteiger partial charge on any atom is -0.455 e. The molecule has 0 fully saturated rings. The van der Waals surface area contributed by atoms with Crippen LogP contribution in [0.2, 0.25) is 5.02 Å². The minimum atomic E-state index is -0.700. The Morgan fingerprint density at radius 1 is 1.21 bits per heavy atom. The minimum absolute atomic E-state index is 0.236. The molecule has 2 amide bonds. The van der Waals surface area contributed by atoms with Crippen LogP contribution in [-0.2, 0) is 16.0 Å². The molecule has 0 spiro atoms. The van der Waals surface area contributed by atoms with Crippen molar-refractivity contribution in [1.29, 1.82) is 0 Å². The van der Waals surface area contributed by atoms with Gasteiger partial charge in [0, 0.05) is 18.5 Å². The molecule has 1 atom stereocenters. The van der Waals surface area contributed by atoms with E-state index in [0.717, 1.165) is 5.56 Å². The molecular weight excluding hydrogens is 380 g/mol. The van der Waals surface area contributed by atoms with E-state index in [1.807, 2.05) is 12.1 Å². The van der Waals surface area contributed by atoms with E-state index in [9.17, 15) is 9.59 Å². The Morgan fingerprint density at radius 3 is 2.61 bits per heavy atom. The molecule has 3 rings (SSSR count). The van der Waals surface area contributed by atoms with Gasteiger partial charge in [-0.2, -0.15) is 0 Å². The molecule has 1 N–H and O–H groups in total. The zero-order chi connectivity index (χ0) is 20.5. The number of nitrogens with one attached hydrogen (secondary N) is 1. The number of carbonyl (C=O) groups is 2. The maximum atomic E-state index is 12.8. The molecular formula is C21H23ClN2O4. The van der Waals surface area contributed by atoms with Crippen molar-refractivity contribution < 1.29 is 19.1 Å². The van der Waals surface area contributed by atoms with Gasteiger partial charge in [0.15, 0.2) is 5.75 Å². The SMILES string of the molecule is CN1C(=O)C(NC(=O)OC(C)(C)C)Cc2cccc(Oc3cccc(Cl)c3)c21. The van der Waals surface area contributed by atoms with Crippen molar-refractivity contribution in [3.63, 3.8) is 0 Å². The zero-order valence-electron chi connectivity index (χ0n) is 16.3. The highest BCUT2D eigenvalue weighted by Gasteiger charge is 2.34. The lowest BCUT2D eigenvalue weighted by molar-refractivity contribution is -0.120. The van der Waals surface area contributed by atoms with Gasteiger partial charge in [0.1, 0.15) is 17.4 Å². The molecule has 7 heteroatoms. The van der Waals surface area contributed by atoms with Gasteiger partial charge >= 0.3 is 6.09 Å². The summed E-state index contributed by atoms with van der Waals surface area (Å²) in [6, 6.07) is 11.9. The fraction of sp³-hybridized carbons (Fsp3) is 0.333. The molecule has 28 heavy (non-hydrogen) atoms. The summed E-state index contributed by atoms with van der Waals surface area (Å²) in [5.41, 5.74) is 0.932. The number of rotatable bonds is 3. The third kappa shape index (κ3) is 4.57. The van der Waals surface area contributed by atoms with Gasteiger partial charge in [-0.05, 0) is 50.6 Å². The van der Waals surface area contributed by atoms with E-state index in [-0.39, 0.29) is 5.91 Å². The number of fused-ring (bicyclic) bond motifs is 1. The van der Waals surface area contributed by atoms with Crippen LogP contribution in [0.15, 0.2) is 42.5 Å². The van der Waals surface area contributed by atoms with Crippen molar-refractivity contribution in [1.82, 2.24) is 5.32 Å². The number of ether oxygens (including phenoxy) is 2. The van der Waals surface area contributed by atoms with Gasteiger partial charge in [-0.15, -0.1) is 0 Å². The predicted octanol–water partition coefficient (Wildman–Crippen LogP) is 4.54. The van der Waals surface area contributed by atoms with Gasteiger partial charge in [-0.3, -0.25) is 4.79 Å². The van der Waals surface area contributed by atoms with Gasteiger partial charge in [0.25, 0.3) is 0 Å². The summed E-state index contributed by atoms with van der Waals surface area (Å²) in [5.74, 6) is 0.891. The lowest BCUT2D eigenvalue weighted by atomic mass is 9.97. The van der Waals surface area contributed by atoms with Gasteiger partial charge < -0.3 is 19.7 Å². The number of anilines is 1. The first-order valence-electron chi connectivity index (χ1n) is 8.96. The van der Waals surface area contributed by atoms with Gasteiger partial charge in [-0.1, -0.05) is 29.8 Å². The molecule has 1 aliphatic rings. The van der Waals surface area contributed by atoms with Crippen LogP contribution in [0.1, 0.15) is 26.3 Å². The largest absolute Gasteiger partial charge is 0.455 e. The van der Waals surface area contributed by atoms with Crippen LogP contribution < -0.4 is 15.0 Å². The second kappa shape index (κ2) is 7.72. The first-order chi connectivity index (χ1) is 13.1. The van der Waals surface area contributed by atoms with Crippen molar-refractivity contribution in [3.05, 3.63) is 53.1 Å². The highest BCUT2D eigenvalue weighted by Crippen LogP contribution is 2.38. The maximum Gasteiger partial charge on any atom is 0.408 e. The van der Waals surface area contributed by atoms with Gasteiger partial charge in [-0.25, -0.2) is 4.79 Å². The number of halogens is 1.